The predicted octanol–water partition coefficient (Wildman–Crippen LogP) is 4.74. The maximum absolute atomic E-state index is 12.5. The van der Waals surface area contributed by atoms with Crippen LogP contribution in [0.25, 0.3) is 0 Å². The Labute approximate surface area is 173 Å². The smallest absolute Gasteiger partial charge is 0.261 e. The van der Waals surface area contributed by atoms with Crippen LogP contribution in [0, 0.1) is 6.92 Å². The summed E-state index contributed by atoms with van der Waals surface area (Å²) in [7, 11) is -3.69. The lowest BCUT2D eigenvalue weighted by Crippen LogP contribution is -2.15. The molecule has 0 aromatic heterocycles. The number of carbonyl (C=O) groups is 1. The normalized spacial score (nSPS) is 11.1. The molecule has 0 bridgehead atoms. The van der Waals surface area contributed by atoms with Crippen LogP contribution in [0.4, 0.5) is 11.4 Å². The van der Waals surface area contributed by atoms with E-state index >= 15 is 0 Å². The lowest BCUT2D eigenvalue weighted by Gasteiger charge is -2.10. The molecule has 0 heterocycles. The Morgan fingerprint density at radius 2 is 1.43 bits per heavy atom. The van der Waals surface area contributed by atoms with E-state index in [1.165, 1.54) is 12.1 Å². The Morgan fingerprint density at radius 3 is 2.04 bits per heavy atom. The second kappa shape index (κ2) is 8.58. The first-order valence-electron chi connectivity index (χ1n) is 8.56. The third kappa shape index (κ3) is 5.43. The summed E-state index contributed by atoms with van der Waals surface area (Å²) in [6, 6.07) is 20.7. The van der Waals surface area contributed by atoms with Crippen LogP contribution >= 0.6 is 15.9 Å². The molecule has 2 N–H and O–H groups in total. The average molecular weight is 459 g/mol. The number of anilines is 2. The number of nitrogens with one attached hydrogen (secondary N) is 2. The zero-order valence-corrected chi connectivity index (χ0v) is 17.5. The SMILES string of the molecule is Cc1ccc(NS(=O)(=O)c2ccc(NC(=O)Cc3ccc(Br)cc3)cc2)cc1. The molecule has 1 amide bonds. The molecular weight excluding hydrogens is 440 g/mol. The first-order valence-corrected chi connectivity index (χ1v) is 10.8. The van der Waals surface area contributed by atoms with Crippen molar-refractivity contribution >= 4 is 43.2 Å². The number of amides is 1. The van der Waals surface area contributed by atoms with E-state index in [9.17, 15) is 13.2 Å². The summed E-state index contributed by atoms with van der Waals surface area (Å²) in [5.74, 6) is -0.171. The summed E-state index contributed by atoms with van der Waals surface area (Å²) < 4.78 is 28.5. The van der Waals surface area contributed by atoms with Crippen molar-refractivity contribution in [2.75, 3.05) is 10.0 Å². The molecule has 0 radical (unpaired) electrons. The highest BCUT2D eigenvalue weighted by molar-refractivity contribution is 9.10. The average Bonchev–Trinajstić information content (AvgIpc) is 2.66. The van der Waals surface area contributed by atoms with E-state index in [0.29, 0.717) is 11.4 Å². The predicted molar refractivity (Wildman–Crippen MR) is 115 cm³/mol. The molecule has 0 aliphatic carbocycles. The molecule has 0 unspecified atom stereocenters. The molecule has 0 fully saturated rings. The number of hydrogen-bond donors (Lipinski definition) is 2. The molecule has 0 aliphatic heterocycles. The molecule has 3 rings (SSSR count). The van der Waals surface area contributed by atoms with Gasteiger partial charge in [0.05, 0.1) is 11.3 Å². The monoisotopic (exact) mass is 458 g/mol. The molecule has 28 heavy (non-hydrogen) atoms. The number of sulfonamides is 1. The summed E-state index contributed by atoms with van der Waals surface area (Å²) in [5.41, 5.74) is 2.97. The quantitative estimate of drug-likeness (QED) is 0.559. The van der Waals surface area contributed by atoms with Crippen molar-refractivity contribution < 1.29 is 13.2 Å². The van der Waals surface area contributed by atoms with Crippen molar-refractivity contribution in [3.63, 3.8) is 0 Å². The number of rotatable bonds is 6. The Bertz CT molecular complexity index is 1060. The van der Waals surface area contributed by atoms with Gasteiger partial charge in [-0.1, -0.05) is 45.8 Å². The highest BCUT2D eigenvalue weighted by Crippen LogP contribution is 2.19. The lowest BCUT2D eigenvalue weighted by molar-refractivity contribution is -0.115. The number of benzene rings is 3. The van der Waals surface area contributed by atoms with Crippen molar-refractivity contribution in [3.05, 3.63) is 88.4 Å². The molecule has 0 saturated carbocycles. The van der Waals surface area contributed by atoms with Gasteiger partial charge in [0.15, 0.2) is 0 Å². The number of halogens is 1. The van der Waals surface area contributed by atoms with Gasteiger partial charge in [0.1, 0.15) is 0 Å². The molecule has 5 nitrogen and oxygen atoms in total. The Balaban J connectivity index is 1.64. The van der Waals surface area contributed by atoms with Crippen LogP contribution in [-0.2, 0) is 21.2 Å². The topological polar surface area (TPSA) is 75.3 Å². The number of carbonyl (C=O) groups excluding carboxylic acids is 1. The van der Waals surface area contributed by atoms with Gasteiger partial charge in [-0.2, -0.15) is 0 Å². The van der Waals surface area contributed by atoms with E-state index in [1.54, 1.807) is 24.3 Å². The Kier molecular flexibility index (Phi) is 6.16. The van der Waals surface area contributed by atoms with Gasteiger partial charge < -0.3 is 5.32 Å². The van der Waals surface area contributed by atoms with Crippen molar-refractivity contribution in [2.24, 2.45) is 0 Å². The lowest BCUT2D eigenvalue weighted by atomic mass is 10.1. The fourth-order valence-electron chi connectivity index (χ4n) is 2.55. The molecule has 3 aromatic carbocycles. The summed E-state index contributed by atoms with van der Waals surface area (Å²) in [5, 5.41) is 2.77. The maximum Gasteiger partial charge on any atom is 0.261 e. The van der Waals surface area contributed by atoms with Gasteiger partial charge >= 0.3 is 0 Å². The van der Waals surface area contributed by atoms with E-state index in [-0.39, 0.29) is 17.2 Å². The number of aryl methyl sites for hydroxylation is 1. The van der Waals surface area contributed by atoms with Gasteiger partial charge in [0, 0.05) is 15.8 Å². The summed E-state index contributed by atoms with van der Waals surface area (Å²) >= 11 is 3.36. The van der Waals surface area contributed by atoms with Crippen LogP contribution < -0.4 is 10.0 Å². The first kappa shape index (κ1) is 20.1. The molecule has 3 aromatic rings. The zero-order valence-electron chi connectivity index (χ0n) is 15.1. The van der Waals surface area contributed by atoms with E-state index in [0.717, 1.165) is 15.6 Å². The van der Waals surface area contributed by atoms with Gasteiger partial charge in [-0.05, 0) is 61.0 Å². The minimum atomic E-state index is -3.69. The molecule has 144 valence electrons. The van der Waals surface area contributed by atoms with Gasteiger partial charge in [0.25, 0.3) is 10.0 Å². The second-order valence-electron chi connectivity index (χ2n) is 6.35. The summed E-state index contributed by atoms with van der Waals surface area (Å²) in [4.78, 5) is 12.3. The van der Waals surface area contributed by atoms with E-state index in [2.05, 4.69) is 26.0 Å². The molecule has 0 spiro atoms. The van der Waals surface area contributed by atoms with Crippen molar-refractivity contribution in [1.29, 1.82) is 0 Å². The third-order valence-electron chi connectivity index (χ3n) is 4.03. The molecule has 0 saturated heterocycles. The molecule has 0 aliphatic rings. The van der Waals surface area contributed by atoms with Crippen LogP contribution in [0.15, 0.2) is 82.2 Å². The maximum atomic E-state index is 12.5. The Hall–Kier alpha value is -2.64. The van der Waals surface area contributed by atoms with E-state index < -0.39 is 10.0 Å². The zero-order chi connectivity index (χ0) is 20.1. The van der Waals surface area contributed by atoms with Gasteiger partial charge in [0.2, 0.25) is 5.91 Å². The third-order valence-corrected chi connectivity index (χ3v) is 5.96. The first-order chi connectivity index (χ1) is 13.3. The second-order valence-corrected chi connectivity index (χ2v) is 8.95. The van der Waals surface area contributed by atoms with Crippen molar-refractivity contribution in [3.8, 4) is 0 Å². The van der Waals surface area contributed by atoms with Crippen LogP contribution in [0.1, 0.15) is 11.1 Å². The van der Waals surface area contributed by atoms with Gasteiger partial charge in [-0.3, -0.25) is 9.52 Å². The fraction of sp³-hybridized carbons (Fsp3) is 0.0952. The Morgan fingerprint density at radius 1 is 0.857 bits per heavy atom. The highest BCUT2D eigenvalue weighted by atomic mass is 79.9. The largest absolute Gasteiger partial charge is 0.326 e. The summed E-state index contributed by atoms with van der Waals surface area (Å²) in [6.45, 7) is 1.93. The molecular formula is C21H19BrN2O3S. The van der Waals surface area contributed by atoms with Crippen LogP contribution in [0.2, 0.25) is 0 Å². The van der Waals surface area contributed by atoms with Crippen LogP contribution in [0.5, 0.6) is 0 Å². The van der Waals surface area contributed by atoms with Crippen LogP contribution in [-0.4, -0.2) is 14.3 Å². The highest BCUT2D eigenvalue weighted by Gasteiger charge is 2.14. The van der Waals surface area contributed by atoms with Gasteiger partial charge in [-0.15, -0.1) is 0 Å². The minimum Gasteiger partial charge on any atom is -0.326 e. The van der Waals surface area contributed by atoms with Crippen molar-refractivity contribution in [2.45, 2.75) is 18.2 Å². The van der Waals surface area contributed by atoms with E-state index in [1.807, 2.05) is 43.3 Å². The number of hydrogen-bond acceptors (Lipinski definition) is 3. The minimum absolute atomic E-state index is 0.124. The standard InChI is InChI=1S/C21H19BrN2O3S/c1-15-2-8-19(9-3-15)24-28(26,27)20-12-10-18(11-13-20)23-21(25)14-16-4-6-17(22)7-5-16/h2-13,24H,14H2,1H3,(H,23,25). The molecule has 7 heteroatoms. The van der Waals surface area contributed by atoms with Crippen molar-refractivity contribution in [1.82, 2.24) is 0 Å². The van der Waals surface area contributed by atoms with E-state index in [4.69, 9.17) is 0 Å². The van der Waals surface area contributed by atoms with Gasteiger partial charge in [-0.25, -0.2) is 8.42 Å². The van der Waals surface area contributed by atoms with Crippen LogP contribution in [0.3, 0.4) is 0 Å². The molecule has 0 atom stereocenters. The summed E-state index contributed by atoms with van der Waals surface area (Å²) in [6.07, 6.45) is 0.238. The fourth-order valence-corrected chi connectivity index (χ4v) is 3.87.